The van der Waals surface area contributed by atoms with Gasteiger partial charge in [0.15, 0.2) is 0 Å². The number of hydrogen-bond donors (Lipinski definition) is 1. The van der Waals surface area contributed by atoms with E-state index in [-0.39, 0.29) is 22.0 Å². The number of nitrogens with zero attached hydrogens (tertiary/aromatic N) is 2. The summed E-state index contributed by atoms with van der Waals surface area (Å²) in [6.07, 6.45) is 1.87. The Morgan fingerprint density at radius 3 is 2.68 bits per heavy atom. The molecule has 1 atom stereocenters. The number of sulfonamides is 1. The van der Waals surface area contributed by atoms with E-state index < -0.39 is 27.9 Å². The monoisotopic (exact) mass is 465 g/mol. The molecule has 0 bridgehead atoms. The van der Waals surface area contributed by atoms with E-state index in [1.807, 2.05) is 0 Å². The molecule has 0 spiro atoms. The third-order valence-corrected chi connectivity index (χ3v) is 7.63. The van der Waals surface area contributed by atoms with E-state index in [0.29, 0.717) is 24.4 Å². The van der Waals surface area contributed by atoms with Crippen LogP contribution in [0.3, 0.4) is 0 Å². The van der Waals surface area contributed by atoms with Gasteiger partial charge in [0, 0.05) is 30.8 Å². The number of nitrogens with one attached hydrogen (secondary N) is 1. The summed E-state index contributed by atoms with van der Waals surface area (Å²) in [7, 11) is -3.76. The summed E-state index contributed by atoms with van der Waals surface area (Å²) >= 11 is 6.17. The van der Waals surface area contributed by atoms with Gasteiger partial charge in [0.1, 0.15) is 10.7 Å². The Kier molecular flexibility index (Phi) is 6.27. The van der Waals surface area contributed by atoms with Crippen LogP contribution in [0, 0.1) is 5.82 Å². The fourth-order valence-corrected chi connectivity index (χ4v) is 5.62. The van der Waals surface area contributed by atoms with Crippen molar-refractivity contribution in [3.63, 3.8) is 0 Å². The van der Waals surface area contributed by atoms with Gasteiger partial charge in [-0.3, -0.25) is 4.79 Å². The number of amides is 1. The SMILES string of the molecule is O=C(Nc1ccc(Cl)c(S(=O)(=O)N2CCCCC2)c1)C1CC(c2cccc(F)c2)=NO1. The van der Waals surface area contributed by atoms with Crippen molar-refractivity contribution in [2.75, 3.05) is 18.4 Å². The van der Waals surface area contributed by atoms with E-state index in [1.54, 1.807) is 12.1 Å². The minimum atomic E-state index is -3.76. The van der Waals surface area contributed by atoms with Crippen LogP contribution in [0.2, 0.25) is 5.02 Å². The summed E-state index contributed by atoms with van der Waals surface area (Å²) < 4.78 is 40.8. The molecule has 0 saturated carbocycles. The second-order valence-electron chi connectivity index (χ2n) is 7.45. The first-order valence-electron chi connectivity index (χ1n) is 9.94. The van der Waals surface area contributed by atoms with Crippen LogP contribution in [0.4, 0.5) is 10.1 Å². The summed E-state index contributed by atoms with van der Waals surface area (Å²) in [4.78, 5) is 17.8. The number of hydrogen-bond acceptors (Lipinski definition) is 5. The highest BCUT2D eigenvalue weighted by atomic mass is 35.5. The molecule has 2 aromatic rings. The molecule has 10 heteroatoms. The molecule has 2 aliphatic rings. The lowest BCUT2D eigenvalue weighted by atomic mass is 10.0. The van der Waals surface area contributed by atoms with Crippen molar-refractivity contribution in [1.29, 1.82) is 0 Å². The molecule has 2 aromatic carbocycles. The van der Waals surface area contributed by atoms with Crippen LogP contribution in [0.1, 0.15) is 31.2 Å². The van der Waals surface area contributed by atoms with E-state index >= 15 is 0 Å². The van der Waals surface area contributed by atoms with Crippen molar-refractivity contribution in [2.24, 2.45) is 5.16 Å². The fraction of sp³-hybridized carbons (Fsp3) is 0.333. The molecule has 0 aromatic heterocycles. The highest BCUT2D eigenvalue weighted by molar-refractivity contribution is 7.89. The molecule has 2 aliphatic heterocycles. The van der Waals surface area contributed by atoms with Gasteiger partial charge in [-0.2, -0.15) is 4.31 Å². The predicted molar refractivity (Wildman–Crippen MR) is 115 cm³/mol. The van der Waals surface area contributed by atoms with Crippen LogP contribution in [0.15, 0.2) is 52.5 Å². The Hall–Kier alpha value is -2.49. The van der Waals surface area contributed by atoms with Crippen LogP contribution in [0.5, 0.6) is 0 Å². The van der Waals surface area contributed by atoms with E-state index in [2.05, 4.69) is 10.5 Å². The molecule has 164 valence electrons. The Bertz CT molecular complexity index is 1130. The normalized spacial score (nSPS) is 19.5. The number of piperidine rings is 1. The highest BCUT2D eigenvalue weighted by Gasteiger charge is 2.31. The van der Waals surface area contributed by atoms with Crippen LogP contribution < -0.4 is 5.32 Å². The van der Waals surface area contributed by atoms with Crippen molar-refractivity contribution in [1.82, 2.24) is 4.31 Å². The summed E-state index contributed by atoms with van der Waals surface area (Å²) in [6, 6.07) is 10.2. The number of carbonyl (C=O) groups is 1. The van der Waals surface area contributed by atoms with Crippen LogP contribution in [-0.4, -0.2) is 43.5 Å². The van der Waals surface area contributed by atoms with Crippen molar-refractivity contribution in [3.8, 4) is 0 Å². The molecule has 1 amide bonds. The van der Waals surface area contributed by atoms with Gasteiger partial charge in [-0.15, -0.1) is 0 Å². The average molecular weight is 466 g/mol. The first kappa shape index (κ1) is 21.7. The minimum Gasteiger partial charge on any atom is -0.382 e. The lowest BCUT2D eigenvalue weighted by molar-refractivity contribution is -0.125. The molecule has 2 heterocycles. The summed E-state index contributed by atoms with van der Waals surface area (Å²) in [5, 5.41) is 6.64. The summed E-state index contributed by atoms with van der Waals surface area (Å²) in [5.41, 5.74) is 1.29. The Morgan fingerprint density at radius 2 is 1.94 bits per heavy atom. The minimum absolute atomic E-state index is 0.0436. The number of rotatable bonds is 5. The van der Waals surface area contributed by atoms with Gasteiger partial charge in [0.2, 0.25) is 16.1 Å². The van der Waals surface area contributed by atoms with Crippen molar-refractivity contribution < 1.29 is 22.4 Å². The maximum absolute atomic E-state index is 13.4. The first-order chi connectivity index (χ1) is 14.8. The van der Waals surface area contributed by atoms with E-state index in [0.717, 1.165) is 19.3 Å². The number of anilines is 1. The lowest BCUT2D eigenvalue weighted by Crippen LogP contribution is -2.35. The van der Waals surface area contributed by atoms with Gasteiger partial charge < -0.3 is 10.2 Å². The Morgan fingerprint density at radius 1 is 1.16 bits per heavy atom. The van der Waals surface area contributed by atoms with Crippen LogP contribution in [0.25, 0.3) is 0 Å². The second-order valence-corrected chi connectivity index (χ2v) is 9.76. The smallest absolute Gasteiger partial charge is 0.268 e. The highest BCUT2D eigenvalue weighted by Crippen LogP contribution is 2.30. The van der Waals surface area contributed by atoms with Crippen molar-refractivity contribution in [3.05, 3.63) is 58.9 Å². The maximum atomic E-state index is 13.4. The molecule has 1 saturated heterocycles. The number of halogens is 2. The molecule has 1 fully saturated rings. The maximum Gasteiger partial charge on any atom is 0.268 e. The number of oxime groups is 1. The predicted octanol–water partition coefficient (Wildman–Crippen LogP) is 3.79. The Balaban J connectivity index is 1.46. The largest absolute Gasteiger partial charge is 0.382 e. The first-order valence-corrected chi connectivity index (χ1v) is 11.8. The molecule has 31 heavy (non-hydrogen) atoms. The van der Waals surface area contributed by atoms with E-state index in [4.69, 9.17) is 16.4 Å². The molecule has 1 unspecified atom stereocenters. The van der Waals surface area contributed by atoms with Crippen LogP contribution in [-0.2, 0) is 19.7 Å². The molecular formula is C21H21ClFN3O4S. The molecule has 4 rings (SSSR count). The van der Waals surface area contributed by atoms with Gasteiger partial charge in [-0.25, -0.2) is 12.8 Å². The quantitative estimate of drug-likeness (QED) is 0.727. The lowest BCUT2D eigenvalue weighted by Gasteiger charge is -2.26. The fourth-order valence-electron chi connectivity index (χ4n) is 3.60. The van der Waals surface area contributed by atoms with Crippen molar-refractivity contribution in [2.45, 2.75) is 36.7 Å². The standard InChI is InChI=1S/C21H21ClFN3O4S/c22-17-8-7-16(12-20(17)31(28,29)26-9-2-1-3-10-26)24-21(27)19-13-18(25-30-19)14-5-4-6-15(23)11-14/h4-8,11-12,19H,1-3,9-10,13H2,(H,24,27). The zero-order chi connectivity index (χ0) is 22.0. The second kappa shape index (κ2) is 8.94. The van der Waals surface area contributed by atoms with Gasteiger partial charge in [-0.05, 0) is 43.2 Å². The Labute approximate surface area is 184 Å². The summed E-state index contributed by atoms with van der Waals surface area (Å²) in [6.45, 7) is 0.900. The molecule has 7 nitrogen and oxygen atoms in total. The van der Waals surface area contributed by atoms with Gasteiger partial charge >= 0.3 is 0 Å². The zero-order valence-corrected chi connectivity index (χ0v) is 18.1. The van der Waals surface area contributed by atoms with Gasteiger partial charge in [0.25, 0.3) is 5.91 Å². The number of benzene rings is 2. The topological polar surface area (TPSA) is 88.1 Å². The molecular weight excluding hydrogens is 445 g/mol. The zero-order valence-electron chi connectivity index (χ0n) is 16.6. The molecule has 1 N–H and O–H groups in total. The van der Waals surface area contributed by atoms with Crippen molar-refractivity contribution >= 4 is 38.9 Å². The average Bonchev–Trinajstić information content (AvgIpc) is 3.26. The van der Waals surface area contributed by atoms with E-state index in [1.165, 1.54) is 34.6 Å². The number of carbonyl (C=O) groups excluding carboxylic acids is 1. The van der Waals surface area contributed by atoms with Gasteiger partial charge in [-0.1, -0.05) is 35.3 Å². The third-order valence-electron chi connectivity index (χ3n) is 5.25. The summed E-state index contributed by atoms with van der Waals surface area (Å²) in [5.74, 6) is -0.893. The van der Waals surface area contributed by atoms with Crippen LogP contribution >= 0.6 is 11.6 Å². The molecule has 0 aliphatic carbocycles. The molecule has 0 radical (unpaired) electrons. The van der Waals surface area contributed by atoms with Gasteiger partial charge in [0.05, 0.1) is 10.7 Å². The third kappa shape index (κ3) is 4.73. The van der Waals surface area contributed by atoms with E-state index in [9.17, 15) is 17.6 Å².